The average molecular weight is 298 g/mol. The highest BCUT2D eigenvalue weighted by Crippen LogP contribution is 2.25. The quantitative estimate of drug-likeness (QED) is 0.618. The molecule has 0 bridgehead atoms. The Balaban J connectivity index is 2.86. The molecule has 0 fully saturated rings. The largest absolute Gasteiger partial charge is 0.461 e. The second kappa shape index (κ2) is 7.38. The van der Waals surface area contributed by atoms with Crippen molar-refractivity contribution in [3.63, 3.8) is 0 Å². The number of anilines is 1. The smallest absolute Gasteiger partial charge is 0.358 e. The Morgan fingerprint density at radius 1 is 1.35 bits per heavy atom. The van der Waals surface area contributed by atoms with Crippen molar-refractivity contribution in [2.45, 2.75) is 34.6 Å². The number of thiazole rings is 1. The minimum Gasteiger partial charge on any atom is -0.461 e. The van der Waals surface area contributed by atoms with Gasteiger partial charge in [0.15, 0.2) is 16.6 Å². The maximum absolute atomic E-state index is 11.8. The van der Waals surface area contributed by atoms with Crippen molar-refractivity contribution in [1.29, 1.82) is 0 Å². The molecule has 1 rings (SSSR count). The normalized spacial score (nSPS) is 12.3. The van der Waals surface area contributed by atoms with Crippen molar-refractivity contribution >= 4 is 28.2 Å². The third-order valence-electron chi connectivity index (χ3n) is 3.13. The fourth-order valence-electron chi connectivity index (χ4n) is 1.46. The van der Waals surface area contributed by atoms with Gasteiger partial charge in [-0.2, -0.15) is 0 Å². The molecule has 0 radical (unpaired) electrons. The minimum absolute atomic E-state index is 0.115. The van der Waals surface area contributed by atoms with E-state index in [0.717, 1.165) is 6.54 Å². The van der Waals surface area contributed by atoms with E-state index in [1.54, 1.807) is 6.92 Å². The van der Waals surface area contributed by atoms with Crippen LogP contribution in [0.3, 0.4) is 0 Å². The van der Waals surface area contributed by atoms with E-state index in [1.807, 2.05) is 0 Å². The molecule has 20 heavy (non-hydrogen) atoms. The average Bonchev–Trinajstić information content (AvgIpc) is 2.80. The topological polar surface area (TPSA) is 68.3 Å². The Bertz CT molecular complexity index is 483. The van der Waals surface area contributed by atoms with Crippen LogP contribution in [-0.2, 0) is 4.74 Å². The van der Waals surface area contributed by atoms with Gasteiger partial charge in [-0.25, -0.2) is 9.78 Å². The maximum Gasteiger partial charge on any atom is 0.358 e. The molecule has 6 heteroatoms. The van der Waals surface area contributed by atoms with Crippen LogP contribution in [0.4, 0.5) is 5.13 Å². The van der Waals surface area contributed by atoms with Gasteiger partial charge in [-0.1, -0.05) is 32.1 Å². The molecule has 0 aromatic carbocycles. The van der Waals surface area contributed by atoms with E-state index in [0.29, 0.717) is 21.8 Å². The summed E-state index contributed by atoms with van der Waals surface area (Å²) < 4.78 is 4.92. The third kappa shape index (κ3) is 4.30. The highest BCUT2D eigenvalue weighted by atomic mass is 32.1. The van der Waals surface area contributed by atoms with Crippen LogP contribution in [0, 0.1) is 11.8 Å². The number of Topliss-reactive ketones (excluding diaryl/α,β-unsaturated/α-hetero) is 1. The lowest BCUT2D eigenvalue weighted by atomic mass is 9.98. The zero-order valence-corrected chi connectivity index (χ0v) is 13.5. The van der Waals surface area contributed by atoms with Crippen molar-refractivity contribution in [2.75, 3.05) is 18.5 Å². The predicted octanol–water partition coefficient (Wildman–Crippen LogP) is 3.23. The monoisotopic (exact) mass is 298 g/mol. The van der Waals surface area contributed by atoms with Gasteiger partial charge in [0, 0.05) is 13.5 Å². The van der Waals surface area contributed by atoms with Gasteiger partial charge in [-0.15, -0.1) is 0 Å². The van der Waals surface area contributed by atoms with Crippen LogP contribution >= 0.6 is 11.3 Å². The zero-order chi connectivity index (χ0) is 15.3. The van der Waals surface area contributed by atoms with Gasteiger partial charge in [0.1, 0.15) is 4.88 Å². The van der Waals surface area contributed by atoms with Crippen molar-refractivity contribution in [1.82, 2.24) is 4.98 Å². The highest BCUT2D eigenvalue weighted by molar-refractivity contribution is 7.17. The number of ketones is 1. The molecule has 0 spiro atoms. The Morgan fingerprint density at radius 2 is 2.00 bits per heavy atom. The lowest BCUT2D eigenvalue weighted by molar-refractivity contribution is 0.0517. The number of carbonyl (C=O) groups excluding carboxylic acids is 2. The molecule has 1 unspecified atom stereocenters. The lowest BCUT2D eigenvalue weighted by Crippen LogP contribution is -2.16. The third-order valence-corrected chi connectivity index (χ3v) is 4.24. The molecule has 0 aliphatic carbocycles. The molecule has 1 heterocycles. The minimum atomic E-state index is -0.543. The van der Waals surface area contributed by atoms with E-state index in [1.165, 1.54) is 18.3 Å². The van der Waals surface area contributed by atoms with E-state index in [2.05, 4.69) is 31.1 Å². The number of hydrogen-bond donors (Lipinski definition) is 1. The lowest BCUT2D eigenvalue weighted by Gasteiger charge is -2.15. The number of carbonyl (C=O) groups is 2. The molecule has 0 saturated heterocycles. The number of aromatic nitrogens is 1. The standard InChI is InChI=1S/C14H22N2O3S/c1-6-19-13(18)11-12(10(5)17)20-14(16-11)15-7-9(4)8(2)3/h8-9H,6-7H2,1-5H3,(H,15,16). The van der Waals surface area contributed by atoms with Crippen LogP contribution in [-0.4, -0.2) is 29.9 Å². The molecule has 0 amide bonds. The Morgan fingerprint density at radius 3 is 2.50 bits per heavy atom. The first-order chi connectivity index (χ1) is 9.36. The molecule has 0 saturated carbocycles. The summed E-state index contributed by atoms with van der Waals surface area (Å²) >= 11 is 1.20. The summed E-state index contributed by atoms with van der Waals surface area (Å²) in [7, 11) is 0. The zero-order valence-electron chi connectivity index (χ0n) is 12.6. The summed E-state index contributed by atoms with van der Waals surface area (Å²) in [5, 5.41) is 3.77. The van der Waals surface area contributed by atoms with Crippen LogP contribution in [0.25, 0.3) is 0 Å². The van der Waals surface area contributed by atoms with Gasteiger partial charge in [-0.05, 0) is 18.8 Å². The number of nitrogens with zero attached hydrogens (tertiary/aromatic N) is 1. The molecule has 5 nitrogen and oxygen atoms in total. The number of esters is 1. The number of ether oxygens (including phenoxy) is 1. The molecule has 1 aromatic heterocycles. The van der Waals surface area contributed by atoms with Crippen LogP contribution in [0.1, 0.15) is 54.8 Å². The Hall–Kier alpha value is -1.43. The number of hydrogen-bond acceptors (Lipinski definition) is 6. The number of nitrogens with one attached hydrogen (secondary N) is 1. The van der Waals surface area contributed by atoms with Crippen LogP contribution in [0.15, 0.2) is 0 Å². The first-order valence-electron chi connectivity index (χ1n) is 6.79. The van der Waals surface area contributed by atoms with Crippen molar-refractivity contribution in [3.05, 3.63) is 10.6 Å². The molecule has 112 valence electrons. The van der Waals surface area contributed by atoms with Gasteiger partial charge in [0.2, 0.25) is 0 Å². The molecule has 0 aliphatic heterocycles. The maximum atomic E-state index is 11.8. The van der Waals surface area contributed by atoms with Gasteiger partial charge >= 0.3 is 5.97 Å². The van der Waals surface area contributed by atoms with Crippen molar-refractivity contribution < 1.29 is 14.3 Å². The first-order valence-corrected chi connectivity index (χ1v) is 7.61. The molecule has 1 atom stereocenters. The summed E-state index contributed by atoms with van der Waals surface area (Å²) in [5.74, 6) is 0.319. The van der Waals surface area contributed by atoms with Crippen molar-refractivity contribution in [3.8, 4) is 0 Å². The van der Waals surface area contributed by atoms with E-state index < -0.39 is 5.97 Å². The second-order valence-electron chi connectivity index (χ2n) is 5.08. The summed E-state index contributed by atoms with van der Waals surface area (Å²) in [6.07, 6.45) is 0. The summed E-state index contributed by atoms with van der Waals surface area (Å²) in [6, 6.07) is 0. The van der Waals surface area contributed by atoms with Gasteiger partial charge in [0.05, 0.1) is 6.61 Å². The number of rotatable bonds is 7. The molecule has 1 aromatic rings. The van der Waals surface area contributed by atoms with Gasteiger partial charge in [-0.3, -0.25) is 4.79 Å². The first kappa shape index (κ1) is 16.6. The highest BCUT2D eigenvalue weighted by Gasteiger charge is 2.22. The van der Waals surface area contributed by atoms with Crippen LogP contribution < -0.4 is 5.32 Å². The van der Waals surface area contributed by atoms with Gasteiger partial charge < -0.3 is 10.1 Å². The molecular formula is C14H22N2O3S. The van der Waals surface area contributed by atoms with E-state index >= 15 is 0 Å². The Kier molecular flexibility index (Phi) is 6.13. The predicted molar refractivity (Wildman–Crippen MR) is 80.6 cm³/mol. The molecule has 1 N–H and O–H groups in total. The molecule has 0 aliphatic rings. The second-order valence-corrected chi connectivity index (χ2v) is 6.07. The fraction of sp³-hybridized carbons (Fsp3) is 0.643. The van der Waals surface area contributed by atoms with E-state index in [-0.39, 0.29) is 18.1 Å². The summed E-state index contributed by atoms with van der Waals surface area (Å²) in [4.78, 5) is 27.9. The van der Waals surface area contributed by atoms with Crippen LogP contribution in [0.2, 0.25) is 0 Å². The fourth-order valence-corrected chi connectivity index (χ4v) is 2.31. The summed E-state index contributed by atoms with van der Waals surface area (Å²) in [6.45, 7) is 10.6. The van der Waals surface area contributed by atoms with E-state index in [4.69, 9.17) is 4.74 Å². The Labute approximate surface area is 123 Å². The molecular weight excluding hydrogens is 276 g/mol. The van der Waals surface area contributed by atoms with Crippen molar-refractivity contribution in [2.24, 2.45) is 11.8 Å². The van der Waals surface area contributed by atoms with Gasteiger partial charge in [0.25, 0.3) is 0 Å². The SMILES string of the molecule is CCOC(=O)c1nc(NCC(C)C(C)C)sc1C(C)=O. The van der Waals surface area contributed by atoms with Crippen LogP contribution in [0.5, 0.6) is 0 Å². The van der Waals surface area contributed by atoms with E-state index in [9.17, 15) is 9.59 Å². The summed E-state index contributed by atoms with van der Waals surface area (Å²) in [5.41, 5.74) is 0.115.